The Morgan fingerprint density at radius 2 is 2.15 bits per heavy atom. The van der Waals surface area contributed by atoms with Crippen LogP contribution in [0.3, 0.4) is 0 Å². The fraction of sp³-hybridized carbons (Fsp3) is 0.556. The molecule has 2 aliphatic heterocycles. The predicted octanol–water partition coefficient (Wildman–Crippen LogP) is 1.75. The van der Waals surface area contributed by atoms with Crippen molar-refractivity contribution in [2.24, 2.45) is 5.92 Å². The smallest absolute Gasteiger partial charge is 0.262 e. The van der Waals surface area contributed by atoms with Gasteiger partial charge in [0.25, 0.3) is 5.91 Å². The molecule has 8 heteroatoms. The average molecular weight is 380 g/mol. The van der Waals surface area contributed by atoms with Gasteiger partial charge in [-0.15, -0.1) is 0 Å². The number of sulfone groups is 1. The fourth-order valence-corrected chi connectivity index (χ4v) is 4.96. The largest absolute Gasteiger partial charge is 0.482 e. The molecule has 0 aromatic heterocycles. The minimum atomic E-state index is -3.63. The van der Waals surface area contributed by atoms with E-state index in [4.69, 9.17) is 4.74 Å². The van der Waals surface area contributed by atoms with Crippen molar-refractivity contribution < 1.29 is 22.7 Å². The maximum absolute atomic E-state index is 12.7. The van der Waals surface area contributed by atoms with Crippen LogP contribution in [0.25, 0.3) is 0 Å². The van der Waals surface area contributed by atoms with Gasteiger partial charge in [0.1, 0.15) is 5.75 Å². The molecule has 1 atom stereocenters. The highest BCUT2D eigenvalue weighted by Gasteiger charge is 2.26. The van der Waals surface area contributed by atoms with Crippen molar-refractivity contribution in [1.82, 2.24) is 4.90 Å². The highest BCUT2D eigenvalue weighted by Crippen LogP contribution is 2.33. The first-order chi connectivity index (χ1) is 12.3. The van der Waals surface area contributed by atoms with E-state index >= 15 is 0 Å². The molecule has 2 heterocycles. The van der Waals surface area contributed by atoms with Gasteiger partial charge in [0, 0.05) is 25.6 Å². The van der Waals surface area contributed by atoms with Crippen molar-refractivity contribution in [3.63, 3.8) is 0 Å². The summed E-state index contributed by atoms with van der Waals surface area (Å²) in [4.78, 5) is 25.6. The molecule has 1 N–H and O–H groups in total. The SMILES string of the molecule is Cc1cc2c(cc1S(=O)(=O)CCC(=O)N1CCCC(C)C1)OCC(=O)N2. The monoisotopic (exact) mass is 380 g/mol. The van der Waals surface area contributed by atoms with Crippen molar-refractivity contribution in [3.05, 3.63) is 17.7 Å². The van der Waals surface area contributed by atoms with Crippen LogP contribution in [0.4, 0.5) is 5.69 Å². The molecule has 0 saturated carbocycles. The lowest BCUT2D eigenvalue weighted by atomic mass is 10.0. The normalized spacial score (nSPS) is 20.2. The second kappa shape index (κ2) is 7.26. The molecule has 1 aromatic rings. The Labute approximate surface area is 153 Å². The van der Waals surface area contributed by atoms with Crippen molar-refractivity contribution >= 4 is 27.3 Å². The topological polar surface area (TPSA) is 92.8 Å². The molecule has 0 radical (unpaired) electrons. The number of nitrogens with one attached hydrogen (secondary N) is 1. The molecule has 2 aliphatic rings. The number of aryl methyl sites for hydroxylation is 1. The molecular weight excluding hydrogens is 356 g/mol. The lowest BCUT2D eigenvalue weighted by Crippen LogP contribution is -2.39. The van der Waals surface area contributed by atoms with Crippen LogP contribution in [0.2, 0.25) is 0 Å². The molecule has 1 aromatic carbocycles. The summed E-state index contributed by atoms with van der Waals surface area (Å²) in [6, 6.07) is 3.03. The van der Waals surface area contributed by atoms with Gasteiger partial charge in [-0.25, -0.2) is 8.42 Å². The Balaban J connectivity index is 1.72. The highest BCUT2D eigenvalue weighted by atomic mass is 32.2. The number of benzene rings is 1. The molecule has 2 amide bonds. The average Bonchev–Trinajstić information content (AvgIpc) is 2.59. The van der Waals surface area contributed by atoms with Gasteiger partial charge in [-0.3, -0.25) is 9.59 Å². The summed E-state index contributed by atoms with van der Waals surface area (Å²) in [5.74, 6) is 0.181. The number of likely N-dealkylation sites (tertiary alicyclic amines) is 1. The number of anilines is 1. The van der Waals surface area contributed by atoms with Crippen LogP contribution in [0.5, 0.6) is 5.75 Å². The van der Waals surface area contributed by atoms with E-state index in [1.54, 1.807) is 17.9 Å². The van der Waals surface area contributed by atoms with E-state index < -0.39 is 9.84 Å². The Morgan fingerprint density at radius 1 is 1.38 bits per heavy atom. The number of fused-ring (bicyclic) bond motifs is 1. The number of amides is 2. The van der Waals surface area contributed by atoms with Gasteiger partial charge < -0.3 is 15.0 Å². The third kappa shape index (κ3) is 4.00. The van der Waals surface area contributed by atoms with Crippen LogP contribution < -0.4 is 10.1 Å². The lowest BCUT2D eigenvalue weighted by molar-refractivity contribution is -0.132. The van der Waals surface area contributed by atoms with Gasteiger partial charge >= 0.3 is 0 Å². The molecular formula is C18H24N2O5S. The van der Waals surface area contributed by atoms with Gasteiger partial charge in [-0.1, -0.05) is 6.92 Å². The number of carbonyl (C=O) groups is 2. The first kappa shape index (κ1) is 18.7. The number of piperidine rings is 1. The summed E-state index contributed by atoms with van der Waals surface area (Å²) in [5, 5.41) is 2.66. The molecule has 0 bridgehead atoms. The Bertz CT molecular complexity index is 834. The van der Waals surface area contributed by atoms with Crippen LogP contribution in [0.1, 0.15) is 31.7 Å². The van der Waals surface area contributed by atoms with Gasteiger partial charge in [-0.05, 0) is 37.3 Å². The second-order valence-electron chi connectivity index (χ2n) is 7.11. The van der Waals surface area contributed by atoms with Gasteiger partial charge in [0.05, 0.1) is 16.3 Å². The first-order valence-corrected chi connectivity index (χ1v) is 10.5. The summed E-state index contributed by atoms with van der Waals surface area (Å²) in [6.07, 6.45) is 2.04. The molecule has 1 fully saturated rings. The predicted molar refractivity (Wildman–Crippen MR) is 97.0 cm³/mol. The summed E-state index contributed by atoms with van der Waals surface area (Å²) in [6.45, 7) is 5.04. The summed E-state index contributed by atoms with van der Waals surface area (Å²) >= 11 is 0. The zero-order valence-corrected chi connectivity index (χ0v) is 15.9. The zero-order valence-electron chi connectivity index (χ0n) is 15.1. The van der Waals surface area contributed by atoms with E-state index in [0.29, 0.717) is 36.0 Å². The minimum Gasteiger partial charge on any atom is -0.482 e. The standard InChI is InChI=1S/C18H24N2O5S/c1-12-4-3-6-20(10-12)18(22)5-7-26(23,24)16-9-15-14(8-13(16)2)19-17(21)11-25-15/h8-9,12H,3-7,10-11H2,1-2H3,(H,19,21). The van der Waals surface area contributed by atoms with Crippen LogP contribution >= 0.6 is 0 Å². The second-order valence-corrected chi connectivity index (χ2v) is 9.18. The van der Waals surface area contributed by atoms with Crippen LogP contribution in [0, 0.1) is 12.8 Å². The Hall–Kier alpha value is -2.09. The molecule has 3 rings (SSSR count). The number of nitrogens with zero attached hydrogens (tertiary/aromatic N) is 1. The van der Waals surface area contributed by atoms with E-state index in [1.807, 2.05) is 0 Å². The summed E-state index contributed by atoms with van der Waals surface area (Å²) in [5.41, 5.74) is 0.990. The van der Waals surface area contributed by atoms with Crippen LogP contribution in [0.15, 0.2) is 17.0 Å². The van der Waals surface area contributed by atoms with E-state index in [9.17, 15) is 18.0 Å². The van der Waals surface area contributed by atoms with Crippen LogP contribution in [-0.4, -0.2) is 50.6 Å². The van der Waals surface area contributed by atoms with Gasteiger partial charge in [0.15, 0.2) is 16.4 Å². The van der Waals surface area contributed by atoms with E-state index in [2.05, 4.69) is 12.2 Å². The number of carbonyl (C=O) groups excluding carboxylic acids is 2. The maximum atomic E-state index is 12.7. The molecule has 1 saturated heterocycles. The quantitative estimate of drug-likeness (QED) is 0.859. The van der Waals surface area contributed by atoms with Crippen molar-refractivity contribution in [2.45, 2.75) is 38.0 Å². The molecule has 142 valence electrons. The number of rotatable bonds is 4. The highest BCUT2D eigenvalue weighted by molar-refractivity contribution is 7.91. The molecule has 26 heavy (non-hydrogen) atoms. The minimum absolute atomic E-state index is 0.0246. The maximum Gasteiger partial charge on any atom is 0.262 e. The molecule has 1 unspecified atom stereocenters. The zero-order chi connectivity index (χ0) is 18.9. The van der Waals surface area contributed by atoms with E-state index in [-0.39, 0.29) is 35.5 Å². The van der Waals surface area contributed by atoms with Gasteiger partial charge in [-0.2, -0.15) is 0 Å². The summed E-state index contributed by atoms with van der Waals surface area (Å²) < 4.78 is 30.8. The van der Waals surface area contributed by atoms with Crippen LogP contribution in [-0.2, 0) is 19.4 Å². The van der Waals surface area contributed by atoms with Gasteiger partial charge in [0.2, 0.25) is 5.91 Å². The van der Waals surface area contributed by atoms with Crippen molar-refractivity contribution in [3.8, 4) is 5.75 Å². The third-order valence-electron chi connectivity index (χ3n) is 4.84. The van der Waals surface area contributed by atoms with Crippen molar-refractivity contribution in [2.75, 3.05) is 30.8 Å². The Kier molecular flexibility index (Phi) is 5.22. The number of hydrogen-bond donors (Lipinski definition) is 1. The van der Waals surface area contributed by atoms with E-state index in [0.717, 1.165) is 12.8 Å². The third-order valence-corrected chi connectivity index (χ3v) is 6.69. The van der Waals surface area contributed by atoms with E-state index in [1.165, 1.54) is 6.07 Å². The number of hydrogen-bond acceptors (Lipinski definition) is 5. The molecule has 0 aliphatic carbocycles. The van der Waals surface area contributed by atoms with Crippen molar-refractivity contribution in [1.29, 1.82) is 0 Å². The molecule has 7 nitrogen and oxygen atoms in total. The first-order valence-electron chi connectivity index (χ1n) is 8.84. The molecule has 0 spiro atoms. The summed E-state index contributed by atoms with van der Waals surface area (Å²) in [7, 11) is -3.63. The lowest BCUT2D eigenvalue weighted by Gasteiger charge is -2.31. The number of ether oxygens (including phenoxy) is 1. The Morgan fingerprint density at radius 3 is 2.88 bits per heavy atom. The fourth-order valence-electron chi connectivity index (χ4n) is 3.46.